The fourth-order valence-electron chi connectivity index (χ4n) is 0.373. The third kappa shape index (κ3) is 5.86. The molecule has 0 amide bonds. The molecule has 0 aromatic heterocycles. The zero-order valence-corrected chi connectivity index (χ0v) is 6.79. The molecule has 0 atom stereocenters. The highest BCUT2D eigenvalue weighted by atomic mass is 32.2. The molecule has 0 aromatic carbocycles. The molecule has 0 aliphatic rings. The molecule has 0 fully saturated rings. The fourth-order valence-corrected chi connectivity index (χ4v) is 1.12. The van der Waals surface area contributed by atoms with E-state index in [1.165, 1.54) is 0 Å². The van der Waals surface area contributed by atoms with E-state index in [0.717, 1.165) is 18.1 Å². The normalized spacial score (nSPS) is 9.56. The summed E-state index contributed by atoms with van der Waals surface area (Å²) in [5.41, 5.74) is 0. The molecule has 0 bridgehead atoms. The second-order valence-corrected chi connectivity index (χ2v) is 2.75. The Hall–Kier alpha value is -0.0200. The van der Waals surface area contributed by atoms with Crippen molar-refractivity contribution in [2.75, 3.05) is 18.7 Å². The second kappa shape index (κ2) is 6.11. The topological polar surface area (TPSA) is 33.4 Å². The third-order valence-corrected chi connectivity index (χ3v) is 1.95. The van der Waals surface area contributed by atoms with Crippen LogP contribution in [0.2, 0.25) is 0 Å². The van der Waals surface area contributed by atoms with Gasteiger partial charge in [-0.05, 0) is 7.05 Å². The van der Waals surface area contributed by atoms with E-state index < -0.39 is 0 Å². The van der Waals surface area contributed by atoms with Gasteiger partial charge in [0.15, 0.2) is 0 Å². The van der Waals surface area contributed by atoms with Crippen LogP contribution in [0.15, 0.2) is 0 Å². The number of ketones is 1. The Morgan fingerprint density at radius 3 is 2.78 bits per heavy atom. The molecular formula is C6H14NOS+. The highest BCUT2D eigenvalue weighted by molar-refractivity contribution is 7.99. The monoisotopic (exact) mass is 148 g/mol. The Balaban J connectivity index is 2.97. The largest absolute Gasteiger partial charge is 0.311 e. The Morgan fingerprint density at radius 2 is 2.33 bits per heavy atom. The van der Waals surface area contributed by atoms with Gasteiger partial charge in [0.05, 0.1) is 6.42 Å². The highest BCUT2D eigenvalue weighted by Gasteiger charge is 2.02. The van der Waals surface area contributed by atoms with Crippen LogP contribution in [-0.2, 0) is 0 Å². The molecule has 0 saturated heterocycles. The fraction of sp³-hybridized carbons (Fsp3) is 0.833. The van der Waals surface area contributed by atoms with E-state index >= 15 is 0 Å². The van der Waals surface area contributed by atoms with Gasteiger partial charge in [-0.15, -0.1) is 11.8 Å². The smallest absolute Gasteiger partial charge is 0.302 e. The van der Waals surface area contributed by atoms with Crippen LogP contribution in [0.4, 0.5) is 0 Å². The van der Waals surface area contributed by atoms with Gasteiger partial charge >= 0.3 is 5.78 Å². The SMILES string of the molecule is CCC(=[OH+])CSCNC. The van der Waals surface area contributed by atoms with Gasteiger partial charge in [0.2, 0.25) is 0 Å². The summed E-state index contributed by atoms with van der Waals surface area (Å²) in [6, 6.07) is 0. The summed E-state index contributed by atoms with van der Waals surface area (Å²) in [4.78, 5) is 8.95. The zero-order chi connectivity index (χ0) is 7.11. The van der Waals surface area contributed by atoms with Gasteiger partial charge in [-0.1, -0.05) is 6.92 Å². The molecular weight excluding hydrogens is 134 g/mol. The van der Waals surface area contributed by atoms with Crippen LogP contribution in [0.5, 0.6) is 0 Å². The van der Waals surface area contributed by atoms with Gasteiger partial charge in [0.1, 0.15) is 5.75 Å². The van der Waals surface area contributed by atoms with Crippen molar-refractivity contribution in [2.24, 2.45) is 0 Å². The van der Waals surface area contributed by atoms with E-state index in [4.69, 9.17) is 4.79 Å². The van der Waals surface area contributed by atoms with Crippen molar-refractivity contribution >= 4 is 17.5 Å². The van der Waals surface area contributed by atoms with Crippen molar-refractivity contribution in [3.05, 3.63) is 0 Å². The van der Waals surface area contributed by atoms with E-state index in [1.54, 1.807) is 11.8 Å². The van der Waals surface area contributed by atoms with Crippen LogP contribution in [0.25, 0.3) is 0 Å². The van der Waals surface area contributed by atoms with E-state index in [1.807, 2.05) is 14.0 Å². The van der Waals surface area contributed by atoms with Crippen molar-refractivity contribution in [3.8, 4) is 0 Å². The summed E-state index contributed by atoms with van der Waals surface area (Å²) in [6.07, 6.45) is 0.775. The number of nitrogens with one attached hydrogen (secondary N) is 1. The van der Waals surface area contributed by atoms with E-state index in [9.17, 15) is 0 Å². The molecule has 0 aliphatic carbocycles. The predicted octanol–water partition coefficient (Wildman–Crippen LogP) is 0.851. The summed E-state index contributed by atoms with van der Waals surface area (Å²) < 4.78 is 0. The number of hydrogen-bond donors (Lipinski definition) is 1. The van der Waals surface area contributed by atoms with Crippen LogP contribution in [0.3, 0.4) is 0 Å². The molecule has 54 valence electrons. The zero-order valence-electron chi connectivity index (χ0n) is 5.98. The lowest BCUT2D eigenvalue weighted by atomic mass is 10.4. The van der Waals surface area contributed by atoms with Crippen molar-refractivity contribution in [3.63, 3.8) is 0 Å². The van der Waals surface area contributed by atoms with Gasteiger partial charge in [-0.3, -0.25) is 4.79 Å². The van der Waals surface area contributed by atoms with Crippen molar-refractivity contribution in [1.29, 1.82) is 0 Å². The maximum atomic E-state index is 8.95. The van der Waals surface area contributed by atoms with Crippen molar-refractivity contribution < 1.29 is 4.79 Å². The van der Waals surface area contributed by atoms with Gasteiger partial charge < -0.3 is 5.32 Å². The number of carbonyl (C=O) groups excluding carboxylic acids is 1. The Kier molecular flexibility index (Phi) is 6.09. The summed E-state index contributed by atoms with van der Waals surface area (Å²) in [6.45, 7) is 1.95. The maximum absolute atomic E-state index is 8.95. The minimum absolute atomic E-state index is 0.579. The summed E-state index contributed by atoms with van der Waals surface area (Å²) in [5, 5.41) is 2.99. The van der Waals surface area contributed by atoms with Gasteiger partial charge in [-0.25, -0.2) is 0 Å². The van der Waals surface area contributed by atoms with Crippen LogP contribution in [0.1, 0.15) is 13.3 Å². The van der Waals surface area contributed by atoms with Gasteiger partial charge in [-0.2, -0.15) is 0 Å². The van der Waals surface area contributed by atoms with E-state index in [0.29, 0.717) is 5.78 Å². The average Bonchev–Trinajstić information content (AvgIpc) is 1.89. The molecule has 0 aromatic rings. The average molecular weight is 148 g/mol. The number of thioether (sulfide) groups is 1. The molecule has 0 saturated carbocycles. The van der Waals surface area contributed by atoms with Crippen LogP contribution in [-0.4, -0.2) is 29.3 Å². The lowest BCUT2D eigenvalue weighted by molar-refractivity contribution is 0.661. The highest BCUT2D eigenvalue weighted by Crippen LogP contribution is 1.97. The molecule has 3 heteroatoms. The molecule has 9 heavy (non-hydrogen) atoms. The molecule has 2 N–H and O–H groups in total. The van der Waals surface area contributed by atoms with Crippen LogP contribution < -0.4 is 5.32 Å². The van der Waals surface area contributed by atoms with Crippen LogP contribution >= 0.6 is 11.8 Å². The van der Waals surface area contributed by atoms with Gasteiger partial charge in [0.25, 0.3) is 0 Å². The molecule has 0 unspecified atom stereocenters. The Labute approximate surface area is 60.4 Å². The second-order valence-electron chi connectivity index (χ2n) is 1.77. The molecule has 0 spiro atoms. The van der Waals surface area contributed by atoms with Crippen molar-refractivity contribution in [2.45, 2.75) is 13.3 Å². The number of rotatable bonds is 5. The molecule has 2 nitrogen and oxygen atoms in total. The van der Waals surface area contributed by atoms with E-state index in [2.05, 4.69) is 5.32 Å². The summed E-state index contributed by atoms with van der Waals surface area (Å²) in [7, 11) is 1.90. The Morgan fingerprint density at radius 1 is 1.67 bits per heavy atom. The lowest BCUT2D eigenvalue weighted by Gasteiger charge is -1.92. The summed E-state index contributed by atoms with van der Waals surface area (Å²) in [5.74, 6) is 2.25. The minimum atomic E-state index is 0.579. The maximum Gasteiger partial charge on any atom is 0.302 e. The molecule has 0 rings (SSSR count). The first-order valence-corrected chi connectivity index (χ1v) is 4.22. The number of hydrogen-bond acceptors (Lipinski definition) is 2. The first-order chi connectivity index (χ1) is 4.31. The van der Waals surface area contributed by atoms with E-state index in [-0.39, 0.29) is 0 Å². The predicted molar refractivity (Wildman–Crippen MR) is 43.6 cm³/mol. The Bertz CT molecular complexity index is 85.1. The quantitative estimate of drug-likeness (QED) is 0.356. The molecule has 0 radical (unpaired) electrons. The van der Waals surface area contributed by atoms with Gasteiger partial charge in [0, 0.05) is 5.88 Å². The minimum Gasteiger partial charge on any atom is -0.311 e. The summed E-state index contributed by atoms with van der Waals surface area (Å²) >= 11 is 1.69. The van der Waals surface area contributed by atoms with Crippen molar-refractivity contribution in [1.82, 2.24) is 5.32 Å². The first-order valence-electron chi connectivity index (χ1n) is 3.07. The van der Waals surface area contributed by atoms with Crippen LogP contribution in [0, 0.1) is 0 Å². The third-order valence-electron chi connectivity index (χ3n) is 0.923. The standard InChI is InChI=1S/C6H13NOS/c1-3-6(8)4-9-5-7-2/h7H,3-5H2,1-2H3/p+1. The molecule has 0 heterocycles. The molecule has 0 aliphatic heterocycles. The first kappa shape index (κ1) is 8.98. The lowest BCUT2D eigenvalue weighted by Crippen LogP contribution is -2.07.